The molecule has 0 amide bonds. The van der Waals surface area contributed by atoms with Gasteiger partial charge in [0, 0.05) is 37.0 Å². The van der Waals surface area contributed by atoms with Gasteiger partial charge in [0.1, 0.15) is 22.9 Å². The maximum Gasteiger partial charge on any atom is 0.303 e. The summed E-state index contributed by atoms with van der Waals surface area (Å²) in [5.41, 5.74) is 2.71. The average molecular weight is 886 g/mol. The fraction of sp³-hybridized carbons (Fsp3) is 0.647. The first-order valence-corrected chi connectivity index (χ1v) is 24.6. The fourth-order valence-electron chi connectivity index (χ4n) is 7.69. The monoisotopic (exact) mass is 886 g/mol. The van der Waals surface area contributed by atoms with E-state index in [-0.39, 0.29) is 5.69 Å². The van der Waals surface area contributed by atoms with E-state index in [0.717, 1.165) is 81.8 Å². The molecule has 0 heterocycles. The number of unbranched alkanes of at least 4 members (excludes halogenated alkanes) is 12. The number of aryl methyl sites for hydroxylation is 1. The molecule has 0 N–H and O–H groups in total. The van der Waals surface area contributed by atoms with Crippen molar-refractivity contribution in [2.75, 3.05) is 31.2 Å². The third-order valence-corrected chi connectivity index (χ3v) is 12.1. The van der Waals surface area contributed by atoms with Crippen molar-refractivity contribution < 1.29 is 19.3 Å². The zero-order valence-corrected chi connectivity index (χ0v) is 40.3. The molecule has 0 saturated carbocycles. The average Bonchev–Trinajstić information content (AvgIpc) is 3.29. The predicted molar refractivity (Wildman–Crippen MR) is 262 cm³/mol. The number of ether oxygens (including phenoxy) is 2. The van der Waals surface area contributed by atoms with E-state index in [2.05, 4.69) is 81.8 Å². The minimum atomic E-state index is -0.700. The summed E-state index contributed by atoms with van der Waals surface area (Å²) in [6.07, 6.45) is 23.4. The number of anilines is 1. The quantitative estimate of drug-likeness (QED) is 0.0246. The third-order valence-electron chi connectivity index (χ3n) is 12.1. The molecule has 2 unspecified atom stereocenters. The number of non-ortho nitro benzene ring substituents is 1. The molecule has 0 saturated heterocycles. The highest BCUT2D eigenvalue weighted by Crippen LogP contribution is 2.43. The summed E-state index contributed by atoms with van der Waals surface area (Å²) < 4.78 is 13.0. The van der Waals surface area contributed by atoms with E-state index < -0.39 is 21.2 Å². The van der Waals surface area contributed by atoms with Gasteiger partial charge >= 0.3 is 5.69 Å². The van der Waals surface area contributed by atoms with Gasteiger partial charge in [-0.2, -0.15) is 5.11 Å². The van der Waals surface area contributed by atoms with E-state index in [1.807, 2.05) is 0 Å². The molecule has 0 aliphatic rings. The fourth-order valence-corrected chi connectivity index (χ4v) is 7.69. The second-order valence-corrected chi connectivity index (χ2v) is 17.3. The molecule has 2 atom stereocenters. The molecule has 0 fully saturated rings. The van der Waals surface area contributed by atoms with Gasteiger partial charge in [-0.25, -0.2) is 0 Å². The van der Waals surface area contributed by atoms with E-state index >= 15 is 0 Å². The Hall–Kier alpha value is -4.94. The standard InChI is InChI=1S/C51H79N7O6/c1-8-14-18-20-22-24-32-56(33-25-23-21-19-15-9-2)43-28-30-45(40(7)34-43)52-54-47-36-51(64-39-42(13-6)27-17-11-4)48(37-50(47)63-38-41(12-5)26-16-10-3)55-53-46-31-29-44(57(59)60)35-49(46)58(61)62/h28-31,34-37,41-42H,8-27,32-33,38-39H2,1-7H3/b54-52+,55-53+. The summed E-state index contributed by atoms with van der Waals surface area (Å²) >= 11 is 0. The number of hydrogen-bond acceptors (Lipinski definition) is 11. The molecule has 354 valence electrons. The highest BCUT2D eigenvalue weighted by molar-refractivity contribution is 5.68. The molecule has 0 bridgehead atoms. The molecule has 0 radical (unpaired) electrons. The molecule has 3 rings (SSSR count). The van der Waals surface area contributed by atoms with Gasteiger partial charge in [-0.05, 0) is 74.3 Å². The van der Waals surface area contributed by atoms with Gasteiger partial charge in [-0.1, -0.05) is 144 Å². The van der Waals surface area contributed by atoms with Crippen LogP contribution in [0.3, 0.4) is 0 Å². The molecule has 13 heteroatoms. The second kappa shape index (κ2) is 31.0. The molecular weight excluding hydrogens is 807 g/mol. The van der Waals surface area contributed by atoms with Crippen molar-refractivity contribution in [1.29, 1.82) is 0 Å². The van der Waals surface area contributed by atoms with Crippen molar-refractivity contribution in [3.8, 4) is 11.5 Å². The molecule has 0 aromatic heterocycles. The van der Waals surface area contributed by atoms with E-state index in [0.29, 0.717) is 47.9 Å². The van der Waals surface area contributed by atoms with Gasteiger partial charge in [-0.15, -0.1) is 15.3 Å². The lowest BCUT2D eigenvalue weighted by Crippen LogP contribution is -2.25. The van der Waals surface area contributed by atoms with Gasteiger partial charge in [0.2, 0.25) is 0 Å². The lowest BCUT2D eigenvalue weighted by Gasteiger charge is -2.26. The number of rotatable bonds is 35. The van der Waals surface area contributed by atoms with Crippen LogP contribution in [0.2, 0.25) is 0 Å². The summed E-state index contributed by atoms with van der Waals surface area (Å²) in [6.45, 7) is 18.2. The van der Waals surface area contributed by atoms with Crippen LogP contribution in [0.4, 0.5) is 39.8 Å². The second-order valence-electron chi connectivity index (χ2n) is 17.3. The van der Waals surface area contributed by atoms with Crippen LogP contribution >= 0.6 is 0 Å². The van der Waals surface area contributed by atoms with Gasteiger partial charge in [-0.3, -0.25) is 20.2 Å². The van der Waals surface area contributed by atoms with Gasteiger partial charge in [0.05, 0.1) is 34.8 Å². The molecule has 3 aromatic rings. The van der Waals surface area contributed by atoms with Crippen molar-refractivity contribution >= 4 is 39.8 Å². The Morgan fingerprint density at radius 3 is 1.44 bits per heavy atom. The number of hydrogen-bond donors (Lipinski definition) is 0. The summed E-state index contributed by atoms with van der Waals surface area (Å²) in [4.78, 5) is 24.5. The van der Waals surface area contributed by atoms with Crippen molar-refractivity contribution in [3.05, 3.63) is 74.3 Å². The number of nitrogens with zero attached hydrogens (tertiary/aromatic N) is 7. The van der Waals surface area contributed by atoms with Gasteiger partial charge in [0.15, 0.2) is 5.69 Å². The molecule has 0 aliphatic carbocycles. The van der Waals surface area contributed by atoms with Crippen LogP contribution in [0.25, 0.3) is 0 Å². The first-order chi connectivity index (χ1) is 31.1. The van der Waals surface area contributed by atoms with Crippen LogP contribution in [0.15, 0.2) is 69.0 Å². The van der Waals surface area contributed by atoms with Crippen molar-refractivity contribution in [2.24, 2.45) is 32.3 Å². The van der Waals surface area contributed by atoms with Crippen molar-refractivity contribution in [2.45, 2.75) is 177 Å². The Balaban J connectivity index is 2.07. The highest BCUT2D eigenvalue weighted by atomic mass is 16.6. The summed E-state index contributed by atoms with van der Waals surface area (Å²) in [6, 6.07) is 13.2. The SMILES string of the molecule is CCCCCCCCN(CCCCCCCC)c1ccc(/N=N/c2cc(OCC(CC)CCCC)c(/N=N/c3ccc([N+](=O)[O-])cc3[N+](=O)[O-])cc2OCC(CC)CCCC)c(C)c1. The van der Waals surface area contributed by atoms with Crippen LogP contribution in [0.1, 0.15) is 176 Å². The Morgan fingerprint density at radius 1 is 0.531 bits per heavy atom. The maximum atomic E-state index is 12.0. The number of nitro benzene ring substituents is 2. The zero-order valence-electron chi connectivity index (χ0n) is 40.3. The highest BCUT2D eigenvalue weighted by Gasteiger charge is 2.21. The predicted octanol–water partition coefficient (Wildman–Crippen LogP) is 17.4. The van der Waals surface area contributed by atoms with E-state index in [9.17, 15) is 20.2 Å². The summed E-state index contributed by atoms with van der Waals surface area (Å²) in [5.74, 6) is 1.44. The van der Waals surface area contributed by atoms with Gasteiger partial charge < -0.3 is 14.4 Å². The minimum Gasteiger partial charge on any atom is -0.491 e. The molecule has 64 heavy (non-hydrogen) atoms. The maximum absolute atomic E-state index is 12.0. The van der Waals surface area contributed by atoms with E-state index in [1.165, 1.54) is 94.9 Å². The minimum absolute atomic E-state index is 0.121. The normalized spacial score (nSPS) is 12.5. The van der Waals surface area contributed by atoms with Crippen LogP contribution in [-0.4, -0.2) is 36.1 Å². The smallest absolute Gasteiger partial charge is 0.303 e. The largest absolute Gasteiger partial charge is 0.491 e. The Labute approximate surface area is 384 Å². The van der Waals surface area contributed by atoms with Crippen LogP contribution in [0.5, 0.6) is 11.5 Å². The molecule has 13 nitrogen and oxygen atoms in total. The Kier molecular flexibility index (Phi) is 25.9. The number of nitro groups is 2. The summed E-state index contributed by atoms with van der Waals surface area (Å²) in [5, 5.41) is 41.7. The van der Waals surface area contributed by atoms with Crippen molar-refractivity contribution in [3.63, 3.8) is 0 Å². The first kappa shape index (κ1) is 53.4. The van der Waals surface area contributed by atoms with Gasteiger partial charge in [0.25, 0.3) is 5.69 Å². The topological polar surface area (TPSA) is 157 Å². The Bertz CT molecular complexity index is 1870. The van der Waals surface area contributed by atoms with E-state index in [4.69, 9.17) is 19.7 Å². The molecule has 3 aromatic carbocycles. The number of benzene rings is 3. The first-order valence-electron chi connectivity index (χ1n) is 24.6. The van der Waals surface area contributed by atoms with E-state index in [1.54, 1.807) is 12.1 Å². The molecule has 0 aliphatic heterocycles. The lowest BCUT2D eigenvalue weighted by atomic mass is 10.0. The zero-order chi connectivity index (χ0) is 46.5. The van der Waals surface area contributed by atoms with Crippen molar-refractivity contribution in [1.82, 2.24) is 0 Å². The lowest BCUT2D eigenvalue weighted by molar-refractivity contribution is -0.393. The van der Waals surface area contributed by atoms with Crippen LogP contribution in [0, 0.1) is 39.0 Å². The van der Waals surface area contributed by atoms with Crippen LogP contribution in [-0.2, 0) is 0 Å². The van der Waals surface area contributed by atoms with Crippen LogP contribution < -0.4 is 14.4 Å². The Morgan fingerprint density at radius 2 is 0.984 bits per heavy atom. The summed E-state index contributed by atoms with van der Waals surface area (Å²) in [7, 11) is 0. The molecule has 0 spiro atoms. The molecular formula is C51H79N7O6. The third kappa shape index (κ3) is 19.0. The number of azo groups is 2.